The second kappa shape index (κ2) is 2.61. The van der Waals surface area contributed by atoms with Crippen molar-refractivity contribution in [2.45, 2.75) is 13.8 Å². The van der Waals surface area contributed by atoms with Gasteiger partial charge in [-0.1, -0.05) is 0 Å². The summed E-state index contributed by atoms with van der Waals surface area (Å²) in [6.07, 6.45) is 0. The standard InChI is InChI=1S/C11H11NS2/c1-6-7(2)14-11-9(6)12(3)8-4-5-13-10(8)11/h4-5H,1-3H3. The van der Waals surface area contributed by atoms with Crippen LogP contribution in [0.3, 0.4) is 0 Å². The number of fused-ring (bicyclic) bond motifs is 3. The maximum Gasteiger partial charge on any atom is 0.0706 e. The van der Waals surface area contributed by atoms with Crippen molar-refractivity contribution in [3.8, 4) is 0 Å². The molecule has 3 heterocycles. The zero-order valence-corrected chi connectivity index (χ0v) is 10.1. The molecule has 0 saturated heterocycles. The molecular weight excluding hydrogens is 210 g/mol. The fraction of sp³-hybridized carbons (Fsp3) is 0.273. The monoisotopic (exact) mass is 221 g/mol. The molecule has 3 aromatic heterocycles. The van der Waals surface area contributed by atoms with Gasteiger partial charge >= 0.3 is 0 Å². The van der Waals surface area contributed by atoms with Crippen molar-refractivity contribution in [2.24, 2.45) is 7.05 Å². The van der Waals surface area contributed by atoms with Crippen LogP contribution >= 0.6 is 22.7 Å². The Hall–Kier alpha value is -0.800. The van der Waals surface area contributed by atoms with Crippen molar-refractivity contribution in [2.75, 3.05) is 0 Å². The Morgan fingerprint density at radius 3 is 2.79 bits per heavy atom. The third-order valence-corrected chi connectivity index (χ3v) is 5.17. The highest BCUT2D eigenvalue weighted by Crippen LogP contribution is 2.39. The summed E-state index contributed by atoms with van der Waals surface area (Å²) in [4.78, 5) is 1.45. The molecule has 0 saturated carbocycles. The molecule has 0 unspecified atom stereocenters. The van der Waals surface area contributed by atoms with Gasteiger partial charge in [-0.3, -0.25) is 0 Å². The Bertz CT molecular complexity index is 624. The second-order valence-corrected chi connectivity index (χ2v) is 5.80. The molecule has 0 atom stereocenters. The van der Waals surface area contributed by atoms with Gasteiger partial charge in [-0.05, 0) is 30.9 Å². The molecule has 3 rings (SSSR count). The summed E-state index contributed by atoms with van der Waals surface area (Å²) < 4.78 is 5.23. The van der Waals surface area contributed by atoms with E-state index in [1.807, 2.05) is 22.7 Å². The smallest absolute Gasteiger partial charge is 0.0706 e. The maximum absolute atomic E-state index is 2.32. The van der Waals surface area contributed by atoms with Crippen molar-refractivity contribution in [3.05, 3.63) is 21.9 Å². The topological polar surface area (TPSA) is 4.93 Å². The summed E-state index contributed by atoms with van der Waals surface area (Å²) >= 11 is 3.77. The van der Waals surface area contributed by atoms with Crippen molar-refractivity contribution in [3.63, 3.8) is 0 Å². The predicted molar refractivity (Wildman–Crippen MR) is 65.7 cm³/mol. The van der Waals surface area contributed by atoms with Gasteiger partial charge in [-0.25, -0.2) is 0 Å². The fourth-order valence-corrected chi connectivity index (χ4v) is 4.30. The molecule has 0 spiro atoms. The van der Waals surface area contributed by atoms with E-state index in [9.17, 15) is 0 Å². The molecule has 0 fully saturated rings. The zero-order chi connectivity index (χ0) is 9.87. The minimum Gasteiger partial charge on any atom is -0.342 e. The van der Waals surface area contributed by atoms with Gasteiger partial charge < -0.3 is 4.57 Å². The molecule has 0 aliphatic carbocycles. The lowest BCUT2D eigenvalue weighted by Crippen LogP contribution is -1.86. The SMILES string of the molecule is Cc1sc2c3sccc3n(C)c2c1C. The van der Waals surface area contributed by atoms with E-state index in [2.05, 4.69) is 36.9 Å². The van der Waals surface area contributed by atoms with Crippen LogP contribution in [0.1, 0.15) is 10.4 Å². The molecule has 0 aliphatic heterocycles. The van der Waals surface area contributed by atoms with Gasteiger partial charge in [-0.2, -0.15) is 0 Å². The Balaban J connectivity index is 2.69. The summed E-state index contributed by atoms with van der Waals surface area (Å²) in [7, 11) is 2.16. The number of aromatic nitrogens is 1. The minimum atomic E-state index is 1.37. The number of hydrogen-bond donors (Lipinski definition) is 0. The van der Waals surface area contributed by atoms with Crippen LogP contribution in [-0.2, 0) is 7.05 Å². The van der Waals surface area contributed by atoms with Crippen molar-refractivity contribution in [1.82, 2.24) is 4.57 Å². The average Bonchev–Trinajstić information content (AvgIpc) is 2.76. The molecule has 0 aliphatic rings. The van der Waals surface area contributed by atoms with E-state index in [0.717, 1.165) is 0 Å². The average molecular weight is 221 g/mol. The molecule has 0 amide bonds. The third kappa shape index (κ3) is 0.842. The van der Waals surface area contributed by atoms with E-state index < -0.39 is 0 Å². The first-order valence-electron chi connectivity index (χ1n) is 4.61. The highest BCUT2D eigenvalue weighted by atomic mass is 32.1. The number of hydrogen-bond acceptors (Lipinski definition) is 2. The van der Waals surface area contributed by atoms with Gasteiger partial charge in [0.25, 0.3) is 0 Å². The van der Waals surface area contributed by atoms with Gasteiger partial charge in [-0.15, -0.1) is 22.7 Å². The lowest BCUT2D eigenvalue weighted by molar-refractivity contribution is 1.01. The lowest BCUT2D eigenvalue weighted by Gasteiger charge is -1.96. The van der Waals surface area contributed by atoms with Crippen LogP contribution in [0.15, 0.2) is 11.4 Å². The van der Waals surface area contributed by atoms with Gasteiger partial charge in [0.15, 0.2) is 0 Å². The minimum absolute atomic E-state index is 1.37. The Morgan fingerprint density at radius 1 is 1.21 bits per heavy atom. The number of nitrogens with zero attached hydrogens (tertiary/aromatic N) is 1. The maximum atomic E-state index is 2.32. The normalized spacial score (nSPS) is 11.9. The van der Waals surface area contributed by atoms with Crippen LogP contribution < -0.4 is 0 Å². The summed E-state index contributed by atoms with van der Waals surface area (Å²) in [5.41, 5.74) is 4.24. The van der Waals surface area contributed by atoms with Crippen LogP contribution in [0.2, 0.25) is 0 Å². The van der Waals surface area contributed by atoms with Crippen LogP contribution in [0.4, 0.5) is 0 Å². The molecule has 0 N–H and O–H groups in total. The summed E-state index contributed by atoms with van der Waals surface area (Å²) in [6.45, 7) is 4.43. The Morgan fingerprint density at radius 2 is 2.00 bits per heavy atom. The first-order valence-corrected chi connectivity index (χ1v) is 6.31. The van der Waals surface area contributed by atoms with Gasteiger partial charge in [0.2, 0.25) is 0 Å². The molecule has 1 nitrogen and oxygen atoms in total. The van der Waals surface area contributed by atoms with Crippen molar-refractivity contribution < 1.29 is 0 Å². The fourth-order valence-electron chi connectivity index (χ4n) is 2.03. The van der Waals surface area contributed by atoms with Gasteiger partial charge in [0.05, 0.1) is 20.4 Å². The van der Waals surface area contributed by atoms with E-state index in [1.54, 1.807) is 0 Å². The first-order chi connectivity index (χ1) is 6.70. The van der Waals surface area contributed by atoms with E-state index in [1.165, 1.54) is 30.9 Å². The predicted octanol–water partition coefficient (Wildman–Crippen LogP) is 4.07. The van der Waals surface area contributed by atoms with Gasteiger partial charge in [0, 0.05) is 11.9 Å². The Labute approximate surface area is 90.6 Å². The number of rotatable bonds is 0. The molecule has 72 valence electrons. The molecule has 3 heteroatoms. The highest BCUT2D eigenvalue weighted by Gasteiger charge is 2.14. The van der Waals surface area contributed by atoms with E-state index in [-0.39, 0.29) is 0 Å². The quantitative estimate of drug-likeness (QED) is 0.539. The summed E-state index contributed by atoms with van der Waals surface area (Å²) in [6, 6.07) is 2.21. The Kier molecular flexibility index (Phi) is 1.59. The molecule has 0 aromatic carbocycles. The van der Waals surface area contributed by atoms with Crippen molar-refractivity contribution >= 4 is 43.1 Å². The molecule has 3 aromatic rings. The zero-order valence-electron chi connectivity index (χ0n) is 8.42. The largest absolute Gasteiger partial charge is 0.342 e. The molecule has 14 heavy (non-hydrogen) atoms. The molecule has 0 bridgehead atoms. The molecule has 0 radical (unpaired) electrons. The summed E-state index contributed by atoms with van der Waals surface area (Å²) in [5, 5.41) is 2.18. The molecular formula is C11H11NS2. The van der Waals surface area contributed by atoms with Crippen LogP contribution in [0.5, 0.6) is 0 Å². The van der Waals surface area contributed by atoms with Crippen molar-refractivity contribution in [1.29, 1.82) is 0 Å². The van der Waals surface area contributed by atoms with E-state index in [4.69, 9.17) is 0 Å². The van der Waals surface area contributed by atoms with Gasteiger partial charge in [0.1, 0.15) is 0 Å². The van der Waals surface area contributed by atoms with Crippen LogP contribution in [0, 0.1) is 13.8 Å². The van der Waals surface area contributed by atoms with E-state index in [0.29, 0.717) is 0 Å². The van der Waals surface area contributed by atoms with Crippen LogP contribution in [-0.4, -0.2) is 4.57 Å². The highest BCUT2D eigenvalue weighted by molar-refractivity contribution is 7.26. The first kappa shape index (κ1) is 8.50. The third-order valence-electron chi connectivity index (χ3n) is 2.90. The lowest BCUT2D eigenvalue weighted by atomic mass is 10.3. The number of aryl methyl sites for hydroxylation is 3. The second-order valence-electron chi connectivity index (χ2n) is 3.65. The summed E-state index contributed by atoms with van der Waals surface area (Å²) in [5.74, 6) is 0. The van der Waals surface area contributed by atoms with E-state index >= 15 is 0 Å². The number of thiophene rings is 2. The van der Waals surface area contributed by atoms with Crippen LogP contribution in [0.25, 0.3) is 20.4 Å².